The Morgan fingerprint density at radius 3 is 2.50 bits per heavy atom. The predicted molar refractivity (Wildman–Crippen MR) is 86.6 cm³/mol. The van der Waals surface area contributed by atoms with Crippen molar-refractivity contribution in [3.05, 3.63) is 30.3 Å². The maximum absolute atomic E-state index is 12.5. The lowest BCUT2D eigenvalue weighted by atomic mass is 9.86. The van der Waals surface area contributed by atoms with Crippen molar-refractivity contribution in [3.8, 4) is 0 Å². The van der Waals surface area contributed by atoms with Gasteiger partial charge in [0.25, 0.3) is 5.91 Å². The zero-order valence-electron chi connectivity index (χ0n) is 13.3. The molecule has 0 saturated carbocycles. The monoisotopic (exact) mass is 353 g/mol. The number of nitrogens with zero attached hydrogens (tertiary/aromatic N) is 1. The molecule has 2 amide bonds. The second-order valence-electron chi connectivity index (χ2n) is 5.75. The number of thioether (sulfide) groups is 1. The zero-order valence-corrected chi connectivity index (χ0v) is 14.2. The van der Waals surface area contributed by atoms with Crippen molar-refractivity contribution in [2.24, 2.45) is 5.92 Å². The molecule has 7 nitrogen and oxygen atoms in total. The van der Waals surface area contributed by atoms with Crippen molar-refractivity contribution < 1.29 is 29.3 Å². The standard InChI is InChI=1S/C16H19NO6S/c1-10(2)16(14(20)21)9-23-15(22)17(16)13(19)12(18)8-24-11-6-4-3-5-7-11/h3-7,10,12,18H,8-9H2,1-2H3,(H,20,21)/t12?,16-/m0/s1. The molecular weight excluding hydrogens is 334 g/mol. The smallest absolute Gasteiger partial charge is 0.417 e. The summed E-state index contributed by atoms with van der Waals surface area (Å²) in [5, 5.41) is 19.7. The summed E-state index contributed by atoms with van der Waals surface area (Å²) in [5.41, 5.74) is -1.80. The number of cyclic esters (lactones) is 1. The number of benzene rings is 1. The van der Waals surface area contributed by atoms with E-state index in [-0.39, 0.29) is 5.75 Å². The average Bonchev–Trinajstić information content (AvgIpc) is 2.91. The van der Waals surface area contributed by atoms with Gasteiger partial charge in [0, 0.05) is 10.6 Å². The first-order valence-electron chi connectivity index (χ1n) is 7.41. The number of ether oxygens (including phenoxy) is 1. The quantitative estimate of drug-likeness (QED) is 0.749. The molecule has 0 aromatic heterocycles. The van der Waals surface area contributed by atoms with E-state index in [0.717, 1.165) is 4.90 Å². The highest BCUT2D eigenvalue weighted by Crippen LogP contribution is 2.33. The first kappa shape index (κ1) is 18.3. The second-order valence-corrected chi connectivity index (χ2v) is 6.85. The number of aliphatic hydroxyl groups excluding tert-OH is 1. The molecule has 2 atom stereocenters. The molecule has 0 radical (unpaired) electrons. The fourth-order valence-corrected chi connectivity index (χ4v) is 3.33. The molecule has 1 aromatic rings. The van der Waals surface area contributed by atoms with Gasteiger partial charge in [-0.1, -0.05) is 32.0 Å². The van der Waals surface area contributed by atoms with Crippen LogP contribution in [0.4, 0.5) is 4.79 Å². The highest BCUT2D eigenvalue weighted by molar-refractivity contribution is 7.99. The molecule has 2 N–H and O–H groups in total. The van der Waals surface area contributed by atoms with Crippen molar-refractivity contribution in [2.45, 2.75) is 30.4 Å². The normalized spacial score (nSPS) is 21.7. The van der Waals surface area contributed by atoms with Crippen molar-refractivity contribution in [3.63, 3.8) is 0 Å². The minimum absolute atomic E-state index is 0.000418. The Balaban J connectivity index is 2.16. The van der Waals surface area contributed by atoms with Crippen LogP contribution in [-0.4, -0.2) is 57.1 Å². The molecule has 0 spiro atoms. The van der Waals surface area contributed by atoms with Gasteiger partial charge in [-0.05, 0) is 18.1 Å². The molecular formula is C16H19NO6S. The number of carboxylic acid groups (broad SMARTS) is 1. The van der Waals surface area contributed by atoms with Gasteiger partial charge >= 0.3 is 12.1 Å². The Hall–Kier alpha value is -2.06. The van der Waals surface area contributed by atoms with E-state index in [9.17, 15) is 24.6 Å². The number of carboxylic acids is 1. The fraction of sp³-hybridized carbons (Fsp3) is 0.438. The molecule has 24 heavy (non-hydrogen) atoms. The van der Waals surface area contributed by atoms with Gasteiger partial charge in [0.1, 0.15) is 12.7 Å². The van der Waals surface area contributed by atoms with Gasteiger partial charge in [-0.2, -0.15) is 0 Å². The van der Waals surface area contributed by atoms with E-state index in [1.807, 2.05) is 30.3 Å². The SMILES string of the molecule is CC(C)[C@]1(C(=O)O)COC(=O)N1C(=O)C(O)CSc1ccccc1. The van der Waals surface area contributed by atoms with Crippen LogP contribution in [0.25, 0.3) is 0 Å². The summed E-state index contributed by atoms with van der Waals surface area (Å²) >= 11 is 1.24. The number of aliphatic carboxylic acids is 1. The summed E-state index contributed by atoms with van der Waals surface area (Å²) in [5.74, 6) is -2.86. The van der Waals surface area contributed by atoms with Crippen LogP contribution in [0.2, 0.25) is 0 Å². The van der Waals surface area contributed by atoms with E-state index in [2.05, 4.69) is 0 Å². The number of carbonyl (C=O) groups excluding carboxylic acids is 2. The summed E-state index contributed by atoms with van der Waals surface area (Å²) in [7, 11) is 0. The molecule has 130 valence electrons. The van der Waals surface area contributed by atoms with Crippen LogP contribution in [0, 0.1) is 5.92 Å². The Kier molecular flexibility index (Phi) is 5.51. The van der Waals surface area contributed by atoms with Crippen LogP contribution in [0.5, 0.6) is 0 Å². The van der Waals surface area contributed by atoms with Crippen LogP contribution in [0.1, 0.15) is 13.8 Å². The number of hydrogen-bond donors (Lipinski definition) is 2. The number of rotatable bonds is 6. The van der Waals surface area contributed by atoms with Crippen molar-refractivity contribution in [2.75, 3.05) is 12.4 Å². The minimum Gasteiger partial charge on any atom is -0.479 e. The van der Waals surface area contributed by atoms with Gasteiger partial charge in [-0.3, -0.25) is 4.79 Å². The van der Waals surface area contributed by atoms with Gasteiger partial charge in [0.15, 0.2) is 5.54 Å². The maximum atomic E-state index is 12.5. The minimum atomic E-state index is -1.80. The van der Waals surface area contributed by atoms with Crippen LogP contribution in [0.3, 0.4) is 0 Å². The lowest BCUT2D eigenvalue weighted by Crippen LogP contribution is -2.61. The first-order valence-corrected chi connectivity index (χ1v) is 8.39. The number of amides is 2. The van der Waals surface area contributed by atoms with E-state index < -0.39 is 42.1 Å². The summed E-state index contributed by atoms with van der Waals surface area (Å²) in [6.07, 6.45) is -2.56. The number of aliphatic hydroxyl groups is 1. The molecule has 1 aliphatic rings. The Bertz CT molecular complexity index is 635. The molecule has 2 rings (SSSR count). The Morgan fingerprint density at radius 1 is 1.33 bits per heavy atom. The topological polar surface area (TPSA) is 104 Å². The lowest BCUT2D eigenvalue weighted by molar-refractivity contribution is -0.159. The van der Waals surface area contributed by atoms with E-state index in [1.54, 1.807) is 13.8 Å². The molecule has 1 aliphatic heterocycles. The summed E-state index contributed by atoms with van der Waals surface area (Å²) in [4.78, 5) is 37.5. The van der Waals surface area contributed by atoms with Crippen molar-refractivity contribution in [1.29, 1.82) is 0 Å². The second kappa shape index (κ2) is 7.23. The Morgan fingerprint density at radius 2 is 1.96 bits per heavy atom. The molecule has 1 saturated heterocycles. The third-order valence-electron chi connectivity index (χ3n) is 3.98. The lowest BCUT2D eigenvalue weighted by Gasteiger charge is -2.34. The number of hydrogen-bond acceptors (Lipinski definition) is 6. The predicted octanol–water partition coefficient (Wildman–Crippen LogP) is 1.60. The van der Waals surface area contributed by atoms with E-state index in [1.165, 1.54) is 11.8 Å². The van der Waals surface area contributed by atoms with E-state index in [0.29, 0.717) is 4.90 Å². The third-order valence-corrected chi connectivity index (χ3v) is 5.07. The molecule has 1 heterocycles. The van der Waals surface area contributed by atoms with E-state index >= 15 is 0 Å². The third kappa shape index (κ3) is 3.25. The maximum Gasteiger partial charge on any atom is 0.417 e. The van der Waals surface area contributed by atoms with Gasteiger partial charge in [0.2, 0.25) is 0 Å². The summed E-state index contributed by atoms with van der Waals surface area (Å²) in [6, 6.07) is 9.13. The Labute approximate surface area is 143 Å². The van der Waals surface area contributed by atoms with Crippen LogP contribution in [-0.2, 0) is 14.3 Å². The fourth-order valence-electron chi connectivity index (χ4n) is 2.49. The van der Waals surface area contributed by atoms with Crippen molar-refractivity contribution >= 4 is 29.7 Å². The number of imide groups is 1. The number of carbonyl (C=O) groups is 3. The van der Waals surface area contributed by atoms with Crippen molar-refractivity contribution in [1.82, 2.24) is 4.90 Å². The molecule has 1 aromatic carbocycles. The first-order chi connectivity index (χ1) is 11.3. The van der Waals surface area contributed by atoms with Crippen LogP contribution in [0.15, 0.2) is 35.2 Å². The van der Waals surface area contributed by atoms with Gasteiger partial charge in [0.05, 0.1) is 0 Å². The molecule has 1 fully saturated rings. The van der Waals surface area contributed by atoms with Gasteiger partial charge in [-0.15, -0.1) is 11.8 Å². The average molecular weight is 353 g/mol. The zero-order chi connectivity index (χ0) is 17.9. The molecule has 0 aliphatic carbocycles. The van der Waals surface area contributed by atoms with E-state index in [4.69, 9.17) is 4.74 Å². The highest BCUT2D eigenvalue weighted by Gasteiger charge is 2.59. The molecule has 8 heteroatoms. The van der Waals surface area contributed by atoms with Gasteiger partial charge < -0.3 is 14.9 Å². The van der Waals surface area contributed by atoms with Crippen LogP contribution < -0.4 is 0 Å². The van der Waals surface area contributed by atoms with Crippen LogP contribution >= 0.6 is 11.8 Å². The summed E-state index contributed by atoms with van der Waals surface area (Å²) in [6.45, 7) is 2.74. The largest absolute Gasteiger partial charge is 0.479 e. The molecule has 1 unspecified atom stereocenters. The highest BCUT2D eigenvalue weighted by atomic mass is 32.2. The van der Waals surface area contributed by atoms with Gasteiger partial charge in [-0.25, -0.2) is 14.5 Å². The molecule has 0 bridgehead atoms. The summed E-state index contributed by atoms with van der Waals surface area (Å²) < 4.78 is 4.81.